The molecule has 3 atom stereocenters. The summed E-state index contributed by atoms with van der Waals surface area (Å²) < 4.78 is 10.2. The van der Waals surface area contributed by atoms with Crippen LogP contribution in [0.5, 0.6) is 5.75 Å². The molecule has 2 fully saturated rings. The Morgan fingerprint density at radius 1 is 1.07 bits per heavy atom. The number of likely N-dealkylation sites (tertiary alicyclic amines) is 2. The highest BCUT2D eigenvalue weighted by molar-refractivity contribution is 5.89. The fourth-order valence-electron chi connectivity index (χ4n) is 4.95. The van der Waals surface area contributed by atoms with Gasteiger partial charge in [-0.2, -0.15) is 0 Å². The molecule has 2 heterocycles. The van der Waals surface area contributed by atoms with E-state index in [0.29, 0.717) is 23.4 Å². The maximum absolute atomic E-state index is 11.8. The van der Waals surface area contributed by atoms with Gasteiger partial charge in [-0.15, -0.1) is 0 Å². The van der Waals surface area contributed by atoms with E-state index < -0.39 is 0 Å². The monoisotopic (exact) mass is 380 g/mol. The number of ether oxygens (including phenoxy) is 2. The van der Waals surface area contributed by atoms with E-state index in [1.807, 2.05) is 18.2 Å². The lowest BCUT2D eigenvalue weighted by Gasteiger charge is -2.27. The molecule has 2 saturated heterocycles. The second kappa shape index (κ2) is 7.94. The van der Waals surface area contributed by atoms with Crippen LogP contribution in [-0.2, 0) is 11.3 Å². The molecule has 0 radical (unpaired) electrons. The maximum atomic E-state index is 11.8. The summed E-state index contributed by atoms with van der Waals surface area (Å²) in [6, 6.07) is 16.7. The molecule has 0 amide bonds. The van der Waals surface area contributed by atoms with Gasteiger partial charge in [0.05, 0.1) is 19.8 Å². The Balaban J connectivity index is 1.46. The number of rotatable bonds is 5. The average Bonchev–Trinajstić information content (AvgIpc) is 3.23. The minimum atomic E-state index is -0.277. The minimum absolute atomic E-state index is 0.277. The number of nitrogens with zero attached hydrogens (tertiary/aromatic N) is 2. The van der Waals surface area contributed by atoms with Crippen molar-refractivity contribution in [1.29, 1.82) is 0 Å². The number of methoxy groups -OCH3 is 2. The fourth-order valence-corrected chi connectivity index (χ4v) is 4.95. The van der Waals surface area contributed by atoms with Crippen LogP contribution in [-0.4, -0.2) is 56.7 Å². The molecule has 0 unspecified atom stereocenters. The van der Waals surface area contributed by atoms with Crippen LogP contribution in [0.15, 0.2) is 48.5 Å². The van der Waals surface area contributed by atoms with Crippen molar-refractivity contribution in [2.24, 2.45) is 11.8 Å². The number of esters is 1. The summed E-state index contributed by atoms with van der Waals surface area (Å²) in [5.41, 5.74) is 3.15. The van der Waals surface area contributed by atoms with Crippen molar-refractivity contribution >= 4 is 5.97 Å². The van der Waals surface area contributed by atoms with Crippen LogP contribution in [0, 0.1) is 11.8 Å². The molecule has 2 aromatic carbocycles. The quantitative estimate of drug-likeness (QED) is 0.745. The molecule has 5 heteroatoms. The standard InChI is InChI=1S/C23H28N2O3/c1-24-13-19-14-25(12-16-5-4-6-18(11-16)23(26)28-3)15-21(19)22(24)17-7-9-20(27-2)10-8-17/h4-11,19,21-22H,12-15H2,1-3H3/t19-,21+,22+/m0/s1. The Kier molecular flexibility index (Phi) is 5.38. The van der Waals surface area contributed by atoms with E-state index in [9.17, 15) is 4.79 Å². The maximum Gasteiger partial charge on any atom is 0.337 e. The van der Waals surface area contributed by atoms with Gasteiger partial charge in [-0.05, 0) is 54.3 Å². The third-order valence-electron chi connectivity index (χ3n) is 6.18. The first kappa shape index (κ1) is 19.0. The Hall–Kier alpha value is -2.37. The van der Waals surface area contributed by atoms with E-state index in [2.05, 4.69) is 47.2 Å². The van der Waals surface area contributed by atoms with Gasteiger partial charge in [0.15, 0.2) is 0 Å². The van der Waals surface area contributed by atoms with Crippen molar-refractivity contribution in [2.75, 3.05) is 40.9 Å². The molecule has 2 aliphatic heterocycles. The molecular formula is C23H28N2O3. The zero-order valence-electron chi connectivity index (χ0n) is 16.8. The van der Waals surface area contributed by atoms with Crippen LogP contribution < -0.4 is 4.74 Å². The lowest BCUT2D eigenvalue weighted by Crippen LogP contribution is -2.29. The Labute approximate surface area is 166 Å². The summed E-state index contributed by atoms with van der Waals surface area (Å²) in [5, 5.41) is 0. The summed E-state index contributed by atoms with van der Waals surface area (Å²) in [6.07, 6.45) is 0. The van der Waals surface area contributed by atoms with Crippen molar-refractivity contribution in [3.63, 3.8) is 0 Å². The van der Waals surface area contributed by atoms with Crippen LogP contribution >= 0.6 is 0 Å². The van der Waals surface area contributed by atoms with Crippen molar-refractivity contribution in [3.8, 4) is 5.75 Å². The number of carbonyl (C=O) groups is 1. The summed E-state index contributed by atoms with van der Waals surface area (Å²) in [5.74, 6) is 1.93. The third-order valence-corrected chi connectivity index (χ3v) is 6.18. The van der Waals surface area contributed by atoms with Gasteiger partial charge in [0.1, 0.15) is 5.75 Å². The molecular weight excluding hydrogens is 352 g/mol. The molecule has 2 aromatic rings. The SMILES string of the molecule is COC(=O)c1cccc(CN2C[C@@H]3CN(C)[C@H](c4ccc(OC)cc4)[C@@H]3C2)c1. The molecule has 0 N–H and O–H groups in total. The highest BCUT2D eigenvalue weighted by Crippen LogP contribution is 2.44. The number of fused-ring (bicyclic) bond motifs is 1. The van der Waals surface area contributed by atoms with E-state index in [1.165, 1.54) is 12.7 Å². The Morgan fingerprint density at radius 2 is 1.86 bits per heavy atom. The van der Waals surface area contributed by atoms with Crippen molar-refractivity contribution < 1.29 is 14.3 Å². The summed E-state index contributed by atoms with van der Waals surface area (Å²) in [6.45, 7) is 4.18. The number of carbonyl (C=O) groups excluding carboxylic acids is 1. The van der Waals surface area contributed by atoms with E-state index >= 15 is 0 Å². The van der Waals surface area contributed by atoms with E-state index in [0.717, 1.165) is 37.5 Å². The topological polar surface area (TPSA) is 42.0 Å². The molecule has 4 rings (SSSR count). The highest BCUT2D eigenvalue weighted by atomic mass is 16.5. The second-order valence-electron chi connectivity index (χ2n) is 7.97. The zero-order chi connectivity index (χ0) is 19.7. The molecule has 0 bridgehead atoms. The van der Waals surface area contributed by atoms with Crippen LogP contribution in [0.3, 0.4) is 0 Å². The van der Waals surface area contributed by atoms with Crippen LogP contribution in [0.4, 0.5) is 0 Å². The number of benzene rings is 2. The van der Waals surface area contributed by atoms with Crippen molar-refractivity contribution in [2.45, 2.75) is 12.6 Å². The van der Waals surface area contributed by atoms with Gasteiger partial charge in [0.25, 0.3) is 0 Å². The molecule has 2 aliphatic rings. The third kappa shape index (κ3) is 3.64. The average molecular weight is 380 g/mol. The molecule has 0 aliphatic carbocycles. The minimum Gasteiger partial charge on any atom is -0.497 e. The normalized spacial score (nSPS) is 24.9. The van der Waals surface area contributed by atoms with Gasteiger partial charge in [0.2, 0.25) is 0 Å². The van der Waals surface area contributed by atoms with Gasteiger partial charge in [0, 0.05) is 32.2 Å². The molecule has 5 nitrogen and oxygen atoms in total. The summed E-state index contributed by atoms with van der Waals surface area (Å²) in [4.78, 5) is 16.8. The second-order valence-corrected chi connectivity index (χ2v) is 7.97. The molecule has 0 aromatic heterocycles. The lowest BCUT2D eigenvalue weighted by molar-refractivity contribution is 0.0600. The first-order valence-electron chi connectivity index (χ1n) is 9.83. The van der Waals surface area contributed by atoms with Gasteiger partial charge < -0.3 is 9.47 Å². The largest absolute Gasteiger partial charge is 0.497 e. The van der Waals surface area contributed by atoms with Crippen molar-refractivity contribution in [1.82, 2.24) is 9.80 Å². The number of hydrogen-bond acceptors (Lipinski definition) is 5. The smallest absolute Gasteiger partial charge is 0.337 e. The predicted molar refractivity (Wildman–Crippen MR) is 108 cm³/mol. The fraction of sp³-hybridized carbons (Fsp3) is 0.435. The Morgan fingerprint density at radius 3 is 2.57 bits per heavy atom. The van der Waals surface area contributed by atoms with E-state index in [-0.39, 0.29) is 5.97 Å². The molecule has 28 heavy (non-hydrogen) atoms. The molecule has 0 spiro atoms. The van der Waals surface area contributed by atoms with Gasteiger partial charge in [-0.1, -0.05) is 24.3 Å². The summed E-state index contributed by atoms with van der Waals surface area (Å²) >= 11 is 0. The first-order valence-corrected chi connectivity index (χ1v) is 9.83. The predicted octanol–water partition coefficient (Wildman–Crippen LogP) is 3.22. The van der Waals surface area contributed by atoms with Gasteiger partial charge >= 0.3 is 5.97 Å². The van der Waals surface area contributed by atoms with Gasteiger partial charge in [-0.25, -0.2) is 4.79 Å². The Bertz CT molecular complexity index is 836. The highest BCUT2D eigenvalue weighted by Gasteiger charge is 2.45. The lowest BCUT2D eigenvalue weighted by atomic mass is 9.89. The van der Waals surface area contributed by atoms with Crippen molar-refractivity contribution in [3.05, 3.63) is 65.2 Å². The first-order chi connectivity index (χ1) is 13.6. The number of hydrogen-bond donors (Lipinski definition) is 0. The van der Waals surface area contributed by atoms with Gasteiger partial charge in [-0.3, -0.25) is 9.80 Å². The van der Waals surface area contributed by atoms with E-state index in [4.69, 9.17) is 9.47 Å². The zero-order valence-corrected chi connectivity index (χ0v) is 16.8. The van der Waals surface area contributed by atoms with Crippen LogP contribution in [0.25, 0.3) is 0 Å². The molecule has 148 valence electrons. The van der Waals surface area contributed by atoms with E-state index in [1.54, 1.807) is 7.11 Å². The van der Waals surface area contributed by atoms with Crippen LogP contribution in [0.1, 0.15) is 27.5 Å². The molecule has 0 saturated carbocycles. The van der Waals surface area contributed by atoms with Crippen LogP contribution in [0.2, 0.25) is 0 Å². The summed E-state index contributed by atoms with van der Waals surface area (Å²) in [7, 11) is 5.36.